The van der Waals surface area contributed by atoms with Gasteiger partial charge < -0.3 is 19.5 Å². The van der Waals surface area contributed by atoms with E-state index in [1.807, 2.05) is 20.8 Å². The Hall–Kier alpha value is -2.51. The van der Waals surface area contributed by atoms with E-state index in [0.29, 0.717) is 49.9 Å². The van der Waals surface area contributed by atoms with Crippen LogP contribution in [-0.2, 0) is 15.7 Å². The summed E-state index contributed by atoms with van der Waals surface area (Å²) in [5.41, 5.74) is -3.84. The third kappa shape index (κ3) is 4.36. The number of fused-ring (bicyclic) bond motifs is 1. The maximum absolute atomic E-state index is 13.2. The first-order valence-corrected chi connectivity index (χ1v) is 10.8. The van der Waals surface area contributed by atoms with Gasteiger partial charge in [0.15, 0.2) is 10.9 Å². The minimum Gasteiger partial charge on any atom is -0.502 e. The van der Waals surface area contributed by atoms with Gasteiger partial charge in [-0.1, -0.05) is 25.2 Å². The number of benzene rings is 1. The molecular weight excluding hydrogens is 455 g/mol. The van der Waals surface area contributed by atoms with E-state index in [9.17, 15) is 33.2 Å². The largest absolute Gasteiger partial charge is 0.502 e. The van der Waals surface area contributed by atoms with Crippen molar-refractivity contribution in [2.75, 3.05) is 24.6 Å². The first kappa shape index (κ1) is 24.1. The van der Waals surface area contributed by atoms with Gasteiger partial charge in [0, 0.05) is 25.9 Å². The van der Waals surface area contributed by atoms with Crippen LogP contribution in [0.25, 0.3) is 10.1 Å². The van der Waals surface area contributed by atoms with Gasteiger partial charge in [-0.2, -0.15) is 18.2 Å². The monoisotopic (exact) mass is 477 g/mol. The zero-order chi connectivity index (χ0) is 23.8. The van der Waals surface area contributed by atoms with Crippen molar-refractivity contribution in [1.82, 2.24) is 4.98 Å². The Morgan fingerprint density at radius 2 is 1.97 bits per heavy atom. The van der Waals surface area contributed by atoms with Gasteiger partial charge in [-0.3, -0.25) is 14.9 Å². The lowest BCUT2D eigenvalue weighted by Crippen LogP contribution is -2.45. The molecule has 0 saturated carbocycles. The second kappa shape index (κ2) is 8.79. The summed E-state index contributed by atoms with van der Waals surface area (Å²) in [4.78, 5) is 28.3. The lowest BCUT2D eigenvalue weighted by molar-refractivity contribution is -0.384. The number of ether oxygens (including phenoxy) is 2. The molecule has 1 aromatic carbocycles. The van der Waals surface area contributed by atoms with Crippen LogP contribution in [0.3, 0.4) is 0 Å². The van der Waals surface area contributed by atoms with Crippen molar-refractivity contribution in [3.05, 3.63) is 32.1 Å². The summed E-state index contributed by atoms with van der Waals surface area (Å²) in [6.07, 6.45) is -4.17. The first-order chi connectivity index (χ1) is 15.0. The van der Waals surface area contributed by atoms with Gasteiger partial charge in [-0.15, -0.1) is 0 Å². The van der Waals surface area contributed by atoms with Crippen LogP contribution in [0.5, 0.6) is 5.75 Å². The molecule has 176 valence electrons. The molecule has 1 unspecified atom stereocenters. The Morgan fingerprint density at radius 1 is 1.34 bits per heavy atom. The number of halogens is 3. The van der Waals surface area contributed by atoms with Crippen LogP contribution in [0.15, 0.2) is 10.9 Å². The lowest BCUT2D eigenvalue weighted by Gasteiger charge is -2.37. The van der Waals surface area contributed by atoms with E-state index in [-0.39, 0.29) is 15.9 Å². The number of hydrogen-bond donors (Lipinski definition) is 1. The fraction of sp³-hybridized carbons (Fsp3) is 0.579. The molecule has 1 spiro atoms. The summed E-state index contributed by atoms with van der Waals surface area (Å²) in [5, 5.41) is 20.9. The third-order valence-corrected chi connectivity index (χ3v) is 6.28. The highest BCUT2D eigenvalue weighted by atomic mass is 32.1. The Balaban J connectivity index is 0.00000141. The Labute approximate surface area is 184 Å². The van der Waals surface area contributed by atoms with Crippen LogP contribution >= 0.6 is 11.3 Å². The summed E-state index contributed by atoms with van der Waals surface area (Å²) in [5.74, 6) is -2.24. The van der Waals surface area contributed by atoms with Gasteiger partial charge >= 0.3 is 11.9 Å². The molecule has 1 atom stereocenters. The normalized spacial score (nSPS) is 20.3. The zero-order valence-corrected chi connectivity index (χ0v) is 18.4. The van der Waals surface area contributed by atoms with Crippen LogP contribution in [0.2, 0.25) is 0 Å². The standard InChI is InChI=1S/C17H16F3N3O6S.C2H6/c1-8-7-28-16(29-8)2-4-22(5-3-16)15-21-14(25)9-6-10(17(18,19)20)12(24)11(23(26)27)13(9)30-15;1-2/h6,8,24H,2-5,7H2,1H3;1-2H3. The van der Waals surface area contributed by atoms with E-state index in [0.717, 1.165) is 0 Å². The van der Waals surface area contributed by atoms with E-state index >= 15 is 0 Å². The van der Waals surface area contributed by atoms with Crippen LogP contribution in [-0.4, -0.2) is 46.6 Å². The molecule has 2 aliphatic heterocycles. The molecule has 2 aromatic rings. The molecule has 0 aliphatic carbocycles. The van der Waals surface area contributed by atoms with E-state index < -0.39 is 44.8 Å². The van der Waals surface area contributed by atoms with Crippen LogP contribution in [0.1, 0.15) is 39.2 Å². The van der Waals surface area contributed by atoms with Crippen LogP contribution in [0.4, 0.5) is 24.0 Å². The number of phenols is 1. The molecule has 1 aromatic heterocycles. The minimum atomic E-state index is -5.07. The smallest absolute Gasteiger partial charge is 0.420 e. The second-order valence-corrected chi connectivity index (χ2v) is 8.17. The number of alkyl halides is 3. The molecule has 1 N–H and O–H groups in total. The van der Waals surface area contributed by atoms with Crippen molar-refractivity contribution in [2.24, 2.45) is 0 Å². The van der Waals surface area contributed by atoms with Gasteiger partial charge in [0.25, 0.3) is 5.56 Å². The summed E-state index contributed by atoms with van der Waals surface area (Å²) in [6.45, 7) is 7.11. The van der Waals surface area contributed by atoms with Gasteiger partial charge in [-0.05, 0) is 13.0 Å². The van der Waals surface area contributed by atoms with Crippen LogP contribution in [0, 0.1) is 10.1 Å². The van der Waals surface area contributed by atoms with Gasteiger partial charge in [0.2, 0.25) is 5.75 Å². The number of piperidine rings is 1. The molecule has 0 radical (unpaired) electrons. The molecule has 4 rings (SSSR count). The lowest BCUT2D eigenvalue weighted by atomic mass is 10.0. The number of aromatic hydroxyl groups is 1. The Morgan fingerprint density at radius 3 is 2.47 bits per heavy atom. The van der Waals surface area contributed by atoms with Crippen molar-refractivity contribution in [1.29, 1.82) is 0 Å². The van der Waals surface area contributed by atoms with E-state index in [4.69, 9.17) is 9.47 Å². The van der Waals surface area contributed by atoms with Crippen molar-refractivity contribution < 1.29 is 32.7 Å². The molecule has 3 heterocycles. The predicted octanol–water partition coefficient (Wildman–Crippen LogP) is 4.05. The molecule has 2 saturated heterocycles. The third-order valence-electron chi connectivity index (χ3n) is 5.13. The predicted molar refractivity (Wildman–Crippen MR) is 111 cm³/mol. The quantitative estimate of drug-likeness (QED) is 0.509. The summed E-state index contributed by atoms with van der Waals surface area (Å²) in [6, 6.07) is 0.403. The topological polar surface area (TPSA) is 115 Å². The number of aromatic nitrogens is 1. The minimum absolute atomic E-state index is 0.0418. The Bertz CT molecular complexity index is 1080. The summed E-state index contributed by atoms with van der Waals surface area (Å²) >= 11 is 0.692. The summed E-state index contributed by atoms with van der Waals surface area (Å²) < 4.78 is 50.7. The molecule has 13 heteroatoms. The van der Waals surface area contributed by atoms with E-state index in [1.54, 1.807) is 4.90 Å². The fourth-order valence-corrected chi connectivity index (χ4v) is 4.84. The SMILES string of the molecule is CC.CC1COC2(CCN(c3nc(=O)c4cc(C(F)(F)F)c(O)c([N+](=O)[O-])c4s3)CC2)O1. The molecule has 0 bridgehead atoms. The highest BCUT2D eigenvalue weighted by Crippen LogP contribution is 2.46. The van der Waals surface area contributed by atoms with Crippen molar-refractivity contribution >= 4 is 32.2 Å². The van der Waals surface area contributed by atoms with Crippen molar-refractivity contribution in [2.45, 2.75) is 51.7 Å². The van der Waals surface area contributed by atoms with Gasteiger partial charge in [0.1, 0.15) is 10.3 Å². The molecule has 0 amide bonds. The number of hydrogen-bond acceptors (Lipinski definition) is 9. The average molecular weight is 477 g/mol. The molecule has 2 aliphatic rings. The zero-order valence-electron chi connectivity index (χ0n) is 17.6. The number of nitro benzene ring substituents is 1. The highest BCUT2D eigenvalue weighted by Gasteiger charge is 2.43. The number of nitro groups is 1. The molecule has 32 heavy (non-hydrogen) atoms. The van der Waals surface area contributed by atoms with Gasteiger partial charge in [-0.25, -0.2) is 0 Å². The Kier molecular flexibility index (Phi) is 6.63. The van der Waals surface area contributed by atoms with Crippen molar-refractivity contribution in [3.8, 4) is 5.75 Å². The van der Waals surface area contributed by atoms with E-state index in [1.165, 1.54) is 0 Å². The van der Waals surface area contributed by atoms with Gasteiger partial charge in [0.05, 0.1) is 23.0 Å². The first-order valence-electron chi connectivity index (χ1n) is 10.00. The van der Waals surface area contributed by atoms with Crippen molar-refractivity contribution in [3.63, 3.8) is 0 Å². The van der Waals surface area contributed by atoms with Crippen LogP contribution < -0.4 is 10.5 Å². The number of rotatable bonds is 2. The maximum Gasteiger partial charge on any atom is 0.420 e. The molecule has 9 nitrogen and oxygen atoms in total. The fourth-order valence-electron chi connectivity index (χ4n) is 3.69. The number of phenolic OH excluding ortho intramolecular Hbond substituents is 1. The second-order valence-electron chi connectivity index (χ2n) is 7.19. The average Bonchev–Trinajstić information content (AvgIpc) is 3.08. The summed E-state index contributed by atoms with van der Waals surface area (Å²) in [7, 11) is 0. The molecule has 2 fully saturated rings. The van der Waals surface area contributed by atoms with E-state index in [2.05, 4.69) is 4.98 Å². The number of nitrogens with zero attached hydrogens (tertiary/aromatic N) is 3. The highest BCUT2D eigenvalue weighted by molar-refractivity contribution is 7.22. The molecular formula is C19H22F3N3O6S. The number of anilines is 1. The maximum atomic E-state index is 13.2.